The Labute approximate surface area is 121 Å². The molecule has 0 N–H and O–H groups in total. The van der Waals surface area contributed by atoms with Crippen LogP contribution in [-0.2, 0) is 0 Å². The van der Waals surface area contributed by atoms with E-state index in [1.807, 2.05) is 0 Å². The monoisotopic (exact) mass is 334 g/mol. The highest BCUT2D eigenvalue weighted by atomic mass is 79.9. The van der Waals surface area contributed by atoms with Gasteiger partial charge >= 0.3 is 0 Å². The Balaban J connectivity index is 2.12. The zero-order chi connectivity index (χ0) is 13.3. The van der Waals surface area contributed by atoms with Gasteiger partial charge in [0.05, 0.1) is 4.47 Å². The van der Waals surface area contributed by atoms with Gasteiger partial charge in [0.2, 0.25) is 0 Å². The Morgan fingerprint density at radius 2 is 2.11 bits per heavy atom. The van der Waals surface area contributed by atoms with Crippen LogP contribution in [0.4, 0.5) is 4.39 Å². The zero-order valence-electron chi connectivity index (χ0n) is 10.6. The molecule has 0 radical (unpaired) electrons. The number of rotatable bonds is 4. The van der Waals surface area contributed by atoms with Crippen LogP contribution in [0.15, 0.2) is 22.7 Å². The van der Waals surface area contributed by atoms with Gasteiger partial charge in [0, 0.05) is 17.2 Å². The van der Waals surface area contributed by atoms with Crippen molar-refractivity contribution in [2.75, 3.05) is 0 Å². The lowest BCUT2D eigenvalue weighted by Crippen LogP contribution is -2.56. The first kappa shape index (κ1) is 14.1. The van der Waals surface area contributed by atoms with Crippen molar-refractivity contribution in [1.82, 2.24) is 0 Å². The molecule has 1 saturated carbocycles. The van der Waals surface area contributed by atoms with Crippen LogP contribution < -0.4 is 4.74 Å². The van der Waals surface area contributed by atoms with Crippen molar-refractivity contribution in [3.63, 3.8) is 0 Å². The van der Waals surface area contributed by atoms with Crippen LogP contribution in [0, 0.1) is 11.2 Å². The van der Waals surface area contributed by atoms with Crippen molar-refractivity contribution in [2.24, 2.45) is 5.41 Å². The number of hydrogen-bond acceptors (Lipinski definition) is 1. The van der Waals surface area contributed by atoms with E-state index in [9.17, 15) is 4.39 Å². The summed E-state index contributed by atoms with van der Waals surface area (Å²) in [4.78, 5) is 0. The molecule has 2 unspecified atom stereocenters. The molecule has 0 aliphatic heterocycles. The molecule has 2 atom stereocenters. The fraction of sp³-hybridized carbons (Fsp3) is 0.571. The molecule has 1 nitrogen and oxygen atoms in total. The summed E-state index contributed by atoms with van der Waals surface area (Å²) >= 11 is 9.51. The minimum atomic E-state index is -0.275. The van der Waals surface area contributed by atoms with E-state index in [4.69, 9.17) is 16.3 Å². The van der Waals surface area contributed by atoms with Gasteiger partial charge in [-0.25, -0.2) is 4.39 Å². The van der Waals surface area contributed by atoms with E-state index in [2.05, 4.69) is 29.8 Å². The maximum atomic E-state index is 13.2. The molecule has 0 bridgehead atoms. The molecule has 0 heterocycles. The van der Waals surface area contributed by atoms with Gasteiger partial charge in [-0.05, 0) is 47.0 Å². The number of alkyl halides is 1. The molecule has 100 valence electrons. The Hall–Kier alpha value is -0.280. The van der Waals surface area contributed by atoms with Gasteiger partial charge in [0.1, 0.15) is 17.7 Å². The second kappa shape index (κ2) is 5.38. The second-order valence-electron chi connectivity index (χ2n) is 4.83. The molecule has 1 fully saturated rings. The van der Waals surface area contributed by atoms with E-state index < -0.39 is 0 Å². The third-order valence-electron chi connectivity index (χ3n) is 4.17. The van der Waals surface area contributed by atoms with Gasteiger partial charge in [-0.3, -0.25) is 0 Å². The molecule has 1 aromatic rings. The summed E-state index contributed by atoms with van der Waals surface area (Å²) in [7, 11) is 0. The van der Waals surface area contributed by atoms with Crippen LogP contribution in [0.5, 0.6) is 5.75 Å². The van der Waals surface area contributed by atoms with Gasteiger partial charge < -0.3 is 4.74 Å². The molecule has 18 heavy (non-hydrogen) atoms. The summed E-state index contributed by atoms with van der Waals surface area (Å²) < 4.78 is 19.6. The van der Waals surface area contributed by atoms with Crippen LogP contribution in [0.25, 0.3) is 0 Å². The maximum Gasteiger partial charge on any atom is 0.137 e. The van der Waals surface area contributed by atoms with Crippen LogP contribution in [0.2, 0.25) is 0 Å². The fourth-order valence-corrected chi connectivity index (χ4v) is 3.70. The lowest BCUT2D eigenvalue weighted by Gasteiger charge is -2.52. The fourth-order valence-electron chi connectivity index (χ4n) is 2.73. The first-order valence-corrected chi connectivity index (χ1v) is 7.52. The Morgan fingerprint density at radius 1 is 1.44 bits per heavy atom. The second-order valence-corrected chi connectivity index (χ2v) is 6.21. The Bertz CT molecular complexity index is 434. The van der Waals surface area contributed by atoms with Gasteiger partial charge in [0.15, 0.2) is 0 Å². The predicted molar refractivity (Wildman–Crippen MR) is 75.8 cm³/mol. The molecule has 1 aliphatic carbocycles. The van der Waals surface area contributed by atoms with E-state index in [-0.39, 0.29) is 22.7 Å². The first-order valence-electron chi connectivity index (χ1n) is 6.29. The summed E-state index contributed by atoms with van der Waals surface area (Å²) in [6.45, 7) is 4.30. The molecule has 1 aliphatic rings. The van der Waals surface area contributed by atoms with Gasteiger partial charge in [-0.15, -0.1) is 11.6 Å². The van der Waals surface area contributed by atoms with Gasteiger partial charge in [0.25, 0.3) is 0 Å². The van der Waals surface area contributed by atoms with Crippen molar-refractivity contribution >= 4 is 27.5 Å². The van der Waals surface area contributed by atoms with Crippen LogP contribution in [0.3, 0.4) is 0 Å². The summed E-state index contributed by atoms with van der Waals surface area (Å²) in [5.74, 6) is 0.423. The summed E-state index contributed by atoms with van der Waals surface area (Å²) in [6, 6.07) is 4.75. The van der Waals surface area contributed by atoms with Crippen molar-refractivity contribution in [3.8, 4) is 5.75 Å². The van der Waals surface area contributed by atoms with Gasteiger partial charge in [-0.2, -0.15) is 0 Å². The zero-order valence-corrected chi connectivity index (χ0v) is 12.9. The van der Waals surface area contributed by atoms with Crippen LogP contribution >= 0.6 is 27.5 Å². The molecule has 4 heteroatoms. The Kier molecular flexibility index (Phi) is 4.22. The third-order valence-corrected chi connectivity index (χ3v) is 5.39. The lowest BCUT2D eigenvalue weighted by molar-refractivity contribution is -0.0462. The summed E-state index contributed by atoms with van der Waals surface area (Å²) in [5.41, 5.74) is 0.0580. The van der Waals surface area contributed by atoms with E-state index in [1.165, 1.54) is 6.07 Å². The van der Waals surface area contributed by atoms with E-state index >= 15 is 0 Å². The minimum Gasteiger partial charge on any atom is -0.490 e. The normalized spacial score (nSPS) is 25.6. The molecular formula is C14H17BrClFO. The SMILES string of the molecule is CCC1(CC)C(Cl)CC1Oc1ccc(F)c(Br)c1. The van der Waals surface area contributed by atoms with E-state index in [0.29, 0.717) is 10.2 Å². The number of hydrogen-bond donors (Lipinski definition) is 0. The molecule has 0 aromatic heterocycles. The van der Waals surface area contributed by atoms with Crippen molar-refractivity contribution in [1.29, 1.82) is 0 Å². The Morgan fingerprint density at radius 3 is 2.61 bits per heavy atom. The quantitative estimate of drug-likeness (QED) is 0.691. The first-order chi connectivity index (χ1) is 8.53. The molecule has 0 amide bonds. The smallest absolute Gasteiger partial charge is 0.137 e. The van der Waals surface area contributed by atoms with Crippen molar-refractivity contribution in [3.05, 3.63) is 28.5 Å². The highest BCUT2D eigenvalue weighted by Crippen LogP contribution is 2.51. The number of halogens is 3. The highest BCUT2D eigenvalue weighted by molar-refractivity contribution is 9.10. The highest BCUT2D eigenvalue weighted by Gasteiger charge is 2.53. The lowest BCUT2D eigenvalue weighted by atomic mass is 9.62. The molecular weight excluding hydrogens is 319 g/mol. The molecule has 0 saturated heterocycles. The predicted octanol–water partition coefficient (Wildman–Crippen LogP) is 5.15. The largest absolute Gasteiger partial charge is 0.490 e. The molecule has 2 rings (SSSR count). The van der Waals surface area contributed by atoms with Crippen LogP contribution in [0.1, 0.15) is 33.1 Å². The molecule has 1 aromatic carbocycles. The third kappa shape index (κ3) is 2.27. The number of benzene rings is 1. The average molecular weight is 336 g/mol. The summed E-state index contributed by atoms with van der Waals surface area (Å²) in [5, 5.41) is 0.182. The van der Waals surface area contributed by atoms with Crippen molar-refractivity contribution in [2.45, 2.75) is 44.6 Å². The van der Waals surface area contributed by atoms with Crippen molar-refractivity contribution < 1.29 is 9.13 Å². The maximum absolute atomic E-state index is 13.2. The van der Waals surface area contributed by atoms with E-state index in [0.717, 1.165) is 19.3 Å². The minimum absolute atomic E-state index is 0.0580. The summed E-state index contributed by atoms with van der Waals surface area (Å²) in [6.07, 6.45) is 3.00. The van der Waals surface area contributed by atoms with Crippen LogP contribution in [-0.4, -0.2) is 11.5 Å². The number of ether oxygens (including phenoxy) is 1. The average Bonchev–Trinajstić information content (AvgIpc) is 2.35. The molecule has 0 spiro atoms. The van der Waals surface area contributed by atoms with Gasteiger partial charge in [-0.1, -0.05) is 13.8 Å². The topological polar surface area (TPSA) is 9.23 Å². The standard InChI is InChI=1S/C14H17BrClFO/c1-3-14(4-2)12(16)8-13(14)18-9-5-6-11(17)10(15)7-9/h5-7,12-13H,3-4,8H2,1-2H3. The van der Waals surface area contributed by atoms with E-state index in [1.54, 1.807) is 12.1 Å².